The molecule has 1 aliphatic rings. The van der Waals surface area contributed by atoms with Crippen LogP contribution >= 0.6 is 11.6 Å². The Morgan fingerprint density at radius 1 is 1.40 bits per heavy atom. The number of amides is 1. The van der Waals surface area contributed by atoms with E-state index < -0.39 is 0 Å². The molecule has 0 spiro atoms. The van der Waals surface area contributed by atoms with E-state index in [2.05, 4.69) is 31.3 Å². The lowest BCUT2D eigenvalue weighted by atomic mass is 9.97. The molecule has 1 aliphatic carbocycles. The van der Waals surface area contributed by atoms with Crippen LogP contribution in [0.4, 0.5) is 0 Å². The number of fused-ring (bicyclic) bond motifs is 1. The monoisotopic (exact) mass is 293 g/mol. The maximum Gasteiger partial charge on any atom is 0.223 e. The number of unbranched alkanes of at least 4 members (excludes halogenated alkanes) is 1. The summed E-state index contributed by atoms with van der Waals surface area (Å²) in [7, 11) is 0. The van der Waals surface area contributed by atoms with Crippen molar-refractivity contribution in [3.8, 4) is 0 Å². The van der Waals surface area contributed by atoms with E-state index in [-0.39, 0.29) is 23.2 Å². The third-order valence-corrected chi connectivity index (χ3v) is 4.64. The highest BCUT2D eigenvalue weighted by molar-refractivity contribution is 6.21. The minimum Gasteiger partial charge on any atom is -0.348 e. The number of hydrogen-bond donors (Lipinski definition) is 1. The van der Waals surface area contributed by atoms with Gasteiger partial charge in [-0.05, 0) is 30.4 Å². The van der Waals surface area contributed by atoms with E-state index in [0.717, 1.165) is 32.1 Å². The van der Waals surface area contributed by atoms with Crippen LogP contribution in [-0.2, 0) is 11.2 Å². The van der Waals surface area contributed by atoms with E-state index in [9.17, 15) is 4.79 Å². The minimum absolute atomic E-state index is 0.0277. The molecule has 1 aromatic carbocycles. The SMILES string of the molecule is CCCCC(CC)C(=O)NC1c2ccccc2CC1Cl. The Morgan fingerprint density at radius 3 is 2.85 bits per heavy atom. The quantitative estimate of drug-likeness (QED) is 0.782. The number of carbonyl (C=O) groups excluding carboxylic acids is 1. The summed E-state index contributed by atoms with van der Waals surface area (Å²) in [4.78, 5) is 12.4. The maximum atomic E-state index is 12.4. The minimum atomic E-state index is -0.0314. The third-order valence-electron chi connectivity index (χ3n) is 4.23. The molecule has 0 aromatic heterocycles. The summed E-state index contributed by atoms with van der Waals surface area (Å²) in [5.74, 6) is 0.278. The second-order valence-corrected chi connectivity index (χ2v) is 6.21. The van der Waals surface area contributed by atoms with E-state index in [1.54, 1.807) is 0 Å². The first-order valence-electron chi connectivity index (χ1n) is 7.69. The first kappa shape index (κ1) is 15.4. The van der Waals surface area contributed by atoms with Gasteiger partial charge >= 0.3 is 0 Å². The van der Waals surface area contributed by atoms with Gasteiger partial charge in [-0.25, -0.2) is 0 Å². The van der Waals surface area contributed by atoms with Crippen LogP contribution in [0.25, 0.3) is 0 Å². The van der Waals surface area contributed by atoms with Crippen molar-refractivity contribution in [1.29, 1.82) is 0 Å². The van der Waals surface area contributed by atoms with Crippen molar-refractivity contribution >= 4 is 17.5 Å². The average molecular weight is 294 g/mol. The van der Waals surface area contributed by atoms with Gasteiger partial charge in [-0.2, -0.15) is 0 Å². The fourth-order valence-electron chi connectivity index (χ4n) is 2.96. The third kappa shape index (κ3) is 3.35. The lowest BCUT2D eigenvalue weighted by Gasteiger charge is -2.21. The number of nitrogens with one attached hydrogen (secondary N) is 1. The molecule has 0 aliphatic heterocycles. The van der Waals surface area contributed by atoms with Crippen LogP contribution in [0, 0.1) is 5.92 Å². The topological polar surface area (TPSA) is 29.1 Å². The van der Waals surface area contributed by atoms with Gasteiger partial charge in [-0.3, -0.25) is 4.79 Å². The van der Waals surface area contributed by atoms with Crippen LogP contribution in [0.15, 0.2) is 24.3 Å². The Hall–Kier alpha value is -1.02. The molecule has 1 N–H and O–H groups in total. The molecule has 3 atom stereocenters. The Morgan fingerprint density at radius 2 is 2.15 bits per heavy atom. The molecular formula is C17H24ClNO. The Kier molecular flexibility index (Phi) is 5.47. The molecule has 0 radical (unpaired) electrons. The molecule has 3 heteroatoms. The van der Waals surface area contributed by atoms with Crippen LogP contribution in [0.1, 0.15) is 56.7 Å². The van der Waals surface area contributed by atoms with Crippen LogP contribution in [-0.4, -0.2) is 11.3 Å². The zero-order chi connectivity index (χ0) is 14.5. The second-order valence-electron chi connectivity index (χ2n) is 5.65. The molecule has 0 saturated heterocycles. The lowest BCUT2D eigenvalue weighted by molar-refractivity contribution is -0.126. The molecule has 2 nitrogen and oxygen atoms in total. The molecule has 0 heterocycles. The fourth-order valence-corrected chi connectivity index (χ4v) is 3.32. The highest BCUT2D eigenvalue weighted by Crippen LogP contribution is 2.35. The first-order valence-corrected chi connectivity index (χ1v) is 8.13. The van der Waals surface area contributed by atoms with Crippen molar-refractivity contribution in [1.82, 2.24) is 5.32 Å². The highest BCUT2D eigenvalue weighted by atomic mass is 35.5. The Bertz CT molecular complexity index is 460. The van der Waals surface area contributed by atoms with Gasteiger partial charge in [-0.15, -0.1) is 11.6 Å². The maximum absolute atomic E-state index is 12.4. The number of benzene rings is 1. The Balaban J connectivity index is 2.04. The fraction of sp³-hybridized carbons (Fsp3) is 0.588. The number of halogens is 1. The van der Waals surface area contributed by atoms with Gasteiger partial charge < -0.3 is 5.32 Å². The zero-order valence-corrected chi connectivity index (χ0v) is 13.1. The Labute approximate surface area is 126 Å². The van der Waals surface area contributed by atoms with Crippen molar-refractivity contribution in [3.05, 3.63) is 35.4 Å². The number of hydrogen-bond acceptors (Lipinski definition) is 1. The van der Waals surface area contributed by atoms with Crippen molar-refractivity contribution < 1.29 is 4.79 Å². The van der Waals surface area contributed by atoms with Crippen LogP contribution in [0.2, 0.25) is 0 Å². The predicted molar refractivity (Wildman–Crippen MR) is 84.0 cm³/mol. The van der Waals surface area contributed by atoms with Gasteiger partial charge in [0, 0.05) is 5.92 Å². The predicted octanol–water partition coefficient (Wildman–Crippen LogP) is 4.22. The molecule has 20 heavy (non-hydrogen) atoms. The van der Waals surface area contributed by atoms with Crippen molar-refractivity contribution in [2.75, 3.05) is 0 Å². The molecular weight excluding hydrogens is 270 g/mol. The normalized spacial score (nSPS) is 22.4. The van der Waals surface area contributed by atoms with E-state index >= 15 is 0 Å². The van der Waals surface area contributed by atoms with Crippen molar-refractivity contribution in [2.45, 2.75) is 57.4 Å². The number of rotatable bonds is 6. The smallest absolute Gasteiger partial charge is 0.223 e. The lowest BCUT2D eigenvalue weighted by Crippen LogP contribution is -2.36. The van der Waals surface area contributed by atoms with Crippen LogP contribution in [0.5, 0.6) is 0 Å². The molecule has 0 saturated carbocycles. The largest absolute Gasteiger partial charge is 0.348 e. The van der Waals surface area contributed by atoms with Gasteiger partial charge in [-0.1, -0.05) is 51.0 Å². The summed E-state index contributed by atoms with van der Waals surface area (Å²) in [6, 6.07) is 8.20. The summed E-state index contributed by atoms with van der Waals surface area (Å²) < 4.78 is 0. The molecule has 110 valence electrons. The summed E-state index contributed by atoms with van der Waals surface area (Å²) in [5, 5.41) is 3.15. The number of alkyl halides is 1. The van der Waals surface area contributed by atoms with E-state index in [1.807, 2.05) is 12.1 Å². The first-order chi connectivity index (χ1) is 9.67. The average Bonchev–Trinajstić information content (AvgIpc) is 2.76. The highest BCUT2D eigenvalue weighted by Gasteiger charge is 2.32. The van der Waals surface area contributed by atoms with Crippen LogP contribution < -0.4 is 5.32 Å². The summed E-state index contributed by atoms with van der Waals surface area (Å²) in [6.45, 7) is 4.24. The standard InChI is InChI=1S/C17H24ClNO/c1-3-5-8-12(4-2)17(20)19-16-14-10-7-6-9-13(14)11-15(16)18/h6-7,9-10,12,15-16H,3-5,8,11H2,1-2H3,(H,19,20). The summed E-state index contributed by atoms with van der Waals surface area (Å²) in [5.41, 5.74) is 2.45. The molecule has 1 aromatic rings. The van der Waals surface area contributed by atoms with Crippen molar-refractivity contribution in [2.24, 2.45) is 5.92 Å². The van der Waals surface area contributed by atoms with Gasteiger partial charge in [0.25, 0.3) is 0 Å². The van der Waals surface area contributed by atoms with Gasteiger partial charge in [0.1, 0.15) is 0 Å². The summed E-state index contributed by atoms with van der Waals surface area (Å²) in [6.07, 6.45) is 4.95. The zero-order valence-electron chi connectivity index (χ0n) is 12.4. The van der Waals surface area contributed by atoms with Gasteiger partial charge in [0.15, 0.2) is 0 Å². The molecule has 0 fully saturated rings. The van der Waals surface area contributed by atoms with Crippen molar-refractivity contribution in [3.63, 3.8) is 0 Å². The van der Waals surface area contributed by atoms with E-state index in [1.165, 1.54) is 11.1 Å². The molecule has 0 bridgehead atoms. The van der Waals surface area contributed by atoms with E-state index in [4.69, 9.17) is 11.6 Å². The van der Waals surface area contributed by atoms with Crippen LogP contribution in [0.3, 0.4) is 0 Å². The second kappa shape index (κ2) is 7.12. The molecule has 2 rings (SSSR count). The molecule has 1 amide bonds. The molecule has 3 unspecified atom stereocenters. The number of carbonyl (C=O) groups is 1. The van der Waals surface area contributed by atoms with Gasteiger partial charge in [0.05, 0.1) is 11.4 Å². The summed E-state index contributed by atoms with van der Waals surface area (Å²) >= 11 is 6.43. The van der Waals surface area contributed by atoms with Gasteiger partial charge in [0.2, 0.25) is 5.91 Å². The van der Waals surface area contributed by atoms with E-state index in [0.29, 0.717) is 0 Å².